The Balaban J connectivity index is 0.000000159. The lowest BCUT2D eigenvalue weighted by molar-refractivity contribution is 0.0523. The summed E-state index contributed by atoms with van der Waals surface area (Å²) >= 11 is 2.93. The number of amides is 3. The van der Waals surface area contributed by atoms with Crippen molar-refractivity contribution < 1.29 is 43.4 Å². The number of aromatic amines is 2. The summed E-state index contributed by atoms with van der Waals surface area (Å²) in [6, 6.07) is 11.4. The number of nitrogens with zero attached hydrogens (tertiary/aromatic N) is 7. The third-order valence-corrected chi connectivity index (χ3v) is 16.8. The number of Topliss-reactive ketones (excluding diaryl/α,β-unsaturated/α-hetero) is 2. The second-order valence-electron chi connectivity index (χ2n) is 22.8. The number of carboxylic acids is 1. The monoisotopic (exact) mass is 1150 g/mol. The van der Waals surface area contributed by atoms with Crippen LogP contribution in [0.4, 0.5) is 15.4 Å². The number of fused-ring (bicyclic) bond motifs is 6. The average Bonchev–Trinajstić information content (AvgIpc) is 4.43. The van der Waals surface area contributed by atoms with Gasteiger partial charge in [0.05, 0.1) is 18.0 Å². The number of nitrogens with two attached hydrogens (primary N) is 3. The van der Waals surface area contributed by atoms with E-state index in [2.05, 4.69) is 83.6 Å². The van der Waals surface area contributed by atoms with Gasteiger partial charge in [-0.05, 0) is 97.4 Å². The highest BCUT2D eigenvalue weighted by atomic mass is 32.1. The molecule has 11 rings (SSSR count). The van der Waals surface area contributed by atoms with Crippen LogP contribution in [0.3, 0.4) is 0 Å². The lowest BCUT2D eigenvalue weighted by Gasteiger charge is -2.39. The molecule has 5 aromatic heterocycles. The minimum absolute atomic E-state index is 0.00554. The van der Waals surface area contributed by atoms with Gasteiger partial charge < -0.3 is 52.5 Å². The van der Waals surface area contributed by atoms with Crippen LogP contribution in [0.5, 0.6) is 0 Å². The Morgan fingerprint density at radius 1 is 0.637 bits per heavy atom. The number of esters is 1. The quantitative estimate of drug-likeness (QED) is 0.0668. The number of hydrogen-bond acceptors (Lipinski definition) is 20. The zero-order chi connectivity index (χ0) is 58.2. The average molecular weight is 1150 g/mol. The van der Waals surface area contributed by atoms with E-state index in [0.717, 1.165) is 98.3 Å². The summed E-state index contributed by atoms with van der Waals surface area (Å²) in [6.07, 6.45) is 6.74. The molecular weight excluding hydrogens is 1080 g/mol. The Morgan fingerprint density at radius 3 is 1.49 bits per heavy atom. The van der Waals surface area contributed by atoms with Crippen molar-refractivity contribution in [3.05, 3.63) is 85.1 Å². The summed E-state index contributed by atoms with van der Waals surface area (Å²) in [5.74, 6) is -1.71. The molecule has 80 heavy (non-hydrogen) atoms. The van der Waals surface area contributed by atoms with Crippen LogP contribution in [0.25, 0.3) is 21.8 Å². The molecule has 7 aromatic rings. The molecule has 3 aliphatic carbocycles. The molecule has 6 heterocycles. The van der Waals surface area contributed by atoms with Crippen molar-refractivity contribution in [3.63, 3.8) is 0 Å². The molecule has 1 atom stereocenters. The van der Waals surface area contributed by atoms with E-state index in [0.29, 0.717) is 49.0 Å². The topological polar surface area (TPSA) is 363 Å². The molecule has 0 radical (unpaired) electrons. The number of carbonyl (C=O) groups excluding carboxylic acids is 6. The molecule has 1 aliphatic heterocycles. The van der Waals surface area contributed by atoms with E-state index in [4.69, 9.17) is 22.3 Å². The normalized spacial score (nSPS) is 18.4. The number of ketones is 2. The van der Waals surface area contributed by atoms with Crippen molar-refractivity contribution in [3.8, 4) is 0 Å². The maximum absolute atomic E-state index is 13.1. The first-order chi connectivity index (χ1) is 37.6. The highest BCUT2D eigenvalue weighted by Gasteiger charge is 2.47. The molecular formula is C54H66N14O9S3. The van der Waals surface area contributed by atoms with E-state index in [9.17, 15) is 33.6 Å². The predicted molar refractivity (Wildman–Crippen MR) is 305 cm³/mol. The molecule has 0 bridgehead atoms. The SMILES string of the molecule is CC1(C)CC(C)(C)c2c([nH]c3ccc(C(=O)NC4CCCC4)cc23)C1=O.CC1(C)CC(C)(C)c2c([nH]c3ccc(C(=O)NC4CCN(C(=O)c5nnc(N)s5)C4)cc23)C1=O.CCOC(=O)c1nnc(N)s1.Nc1nnc(C(=O)O)s1. The van der Waals surface area contributed by atoms with E-state index in [1.807, 2.05) is 58.0 Å². The number of likely N-dealkylation sites (tertiary alicyclic amines) is 1. The van der Waals surface area contributed by atoms with E-state index in [1.165, 1.54) is 12.8 Å². The zero-order valence-electron chi connectivity index (χ0n) is 46.0. The number of H-pyrrole nitrogens is 2. The largest absolute Gasteiger partial charge is 0.476 e. The van der Waals surface area contributed by atoms with Crippen molar-refractivity contribution >= 4 is 112 Å². The number of carbonyl (C=O) groups is 7. The lowest BCUT2D eigenvalue weighted by Crippen LogP contribution is -2.39. The summed E-state index contributed by atoms with van der Waals surface area (Å²) in [5.41, 5.74) is 21.2. The van der Waals surface area contributed by atoms with Crippen LogP contribution >= 0.6 is 34.0 Å². The first-order valence-electron chi connectivity index (χ1n) is 26.1. The molecule has 1 saturated heterocycles. The smallest absolute Gasteiger partial charge is 0.369 e. The van der Waals surface area contributed by atoms with Gasteiger partial charge in [0.1, 0.15) is 0 Å². The van der Waals surface area contributed by atoms with Gasteiger partial charge in [0.2, 0.25) is 30.4 Å². The first kappa shape index (κ1) is 58.4. The fourth-order valence-corrected chi connectivity index (χ4v) is 13.1. The standard InChI is InChI=1S/C24H28N6O3S.C22H28N2O2.C5H7N3O2S.C3H3N3O2S/c1-23(2)11-24(3,4)18(31)17-16(23)14-9-12(5-6-15(14)27-17)19(32)26-13-7-8-30(10-13)21(33)20-28-29-22(25)34-20;1-21(2)12-22(3,4)19(25)18-17(21)15-11-13(9-10-16(15)24-18)20(26)23-14-7-5-6-8-14;1-2-10-4(9)3-7-8-5(6)11-3;4-3-6-5-1(9-3)2(7)8/h5-6,9,13,27H,7-8,10-11H2,1-4H3,(H2,25,29)(H,26,32);9-11,14,24H,5-8,12H2,1-4H3,(H,23,26);2H2,1H3,(H2,6,8);(H2,4,6)(H,7,8). The van der Waals surface area contributed by atoms with Crippen molar-refractivity contribution in [1.29, 1.82) is 0 Å². The number of aromatic carboxylic acids is 1. The molecule has 4 aliphatic rings. The van der Waals surface area contributed by atoms with Crippen LogP contribution in [0.15, 0.2) is 36.4 Å². The van der Waals surface area contributed by atoms with Gasteiger partial charge in [0.15, 0.2) is 11.6 Å². The number of benzene rings is 2. The van der Waals surface area contributed by atoms with Gasteiger partial charge in [-0.15, -0.1) is 30.6 Å². The number of nitrogen functional groups attached to an aromatic ring is 3. The second-order valence-corrected chi connectivity index (χ2v) is 25.9. The molecule has 2 fully saturated rings. The van der Waals surface area contributed by atoms with Gasteiger partial charge in [0, 0.05) is 68.9 Å². The highest BCUT2D eigenvalue weighted by molar-refractivity contribution is 7.17. The molecule has 1 saturated carbocycles. The fraction of sp³-hybridized carbons (Fsp3) is 0.463. The van der Waals surface area contributed by atoms with E-state index < -0.39 is 17.4 Å². The Labute approximate surface area is 472 Å². The van der Waals surface area contributed by atoms with E-state index in [-0.39, 0.29) is 82.0 Å². The highest BCUT2D eigenvalue weighted by Crippen LogP contribution is 2.49. The van der Waals surface area contributed by atoms with Crippen molar-refractivity contribution in [2.45, 2.75) is 130 Å². The molecule has 23 nitrogen and oxygen atoms in total. The zero-order valence-corrected chi connectivity index (χ0v) is 48.4. The number of rotatable bonds is 8. The fourth-order valence-electron chi connectivity index (χ4n) is 11.6. The Kier molecular flexibility index (Phi) is 16.7. The Morgan fingerprint density at radius 2 is 1.07 bits per heavy atom. The molecule has 26 heteroatoms. The lowest BCUT2D eigenvalue weighted by atomic mass is 9.63. The first-order valence-corrected chi connectivity index (χ1v) is 28.5. The number of anilines is 3. The van der Waals surface area contributed by atoms with Crippen molar-refractivity contribution in [2.24, 2.45) is 10.8 Å². The minimum Gasteiger partial charge on any atom is -0.476 e. The maximum atomic E-state index is 13.1. The van der Waals surface area contributed by atoms with Crippen LogP contribution in [0.1, 0.15) is 189 Å². The Bertz CT molecular complexity index is 3550. The number of aromatic nitrogens is 8. The van der Waals surface area contributed by atoms with Gasteiger partial charge in [-0.3, -0.25) is 24.0 Å². The minimum atomic E-state index is -1.09. The molecule has 424 valence electrons. The predicted octanol–water partition coefficient (Wildman–Crippen LogP) is 7.98. The van der Waals surface area contributed by atoms with E-state index in [1.54, 1.807) is 17.9 Å². The van der Waals surface area contributed by atoms with Gasteiger partial charge in [-0.25, -0.2) is 9.59 Å². The molecule has 2 aromatic carbocycles. The summed E-state index contributed by atoms with van der Waals surface area (Å²) in [6.45, 7) is 19.7. The van der Waals surface area contributed by atoms with Gasteiger partial charge >= 0.3 is 11.9 Å². The summed E-state index contributed by atoms with van der Waals surface area (Å²) in [7, 11) is 0. The van der Waals surface area contributed by atoms with Gasteiger partial charge in [0.25, 0.3) is 17.7 Å². The van der Waals surface area contributed by atoms with Crippen LogP contribution in [0, 0.1) is 10.8 Å². The second kappa shape index (κ2) is 22.8. The van der Waals surface area contributed by atoms with Crippen molar-refractivity contribution in [2.75, 3.05) is 36.9 Å². The molecule has 1 unspecified atom stereocenters. The third kappa shape index (κ3) is 12.5. The van der Waals surface area contributed by atoms with Crippen LogP contribution in [-0.2, 0) is 15.6 Å². The summed E-state index contributed by atoms with van der Waals surface area (Å²) in [5, 5.41) is 38.5. The maximum Gasteiger partial charge on any atom is 0.369 e. The number of ether oxygens (including phenoxy) is 1. The number of hydrogen-bond donors (Lipinski definition) is 8. The van der Waals surface area contributed by atoms with Gasteiger partial charge in [-0.2, -0.15) is 0 Å². The number of carboxylic acid groups (broad SMARTS) is 1. The van der Waals surface area contributed by atoms with Crippen molar-refractivity contribution in [1.82, 2.24) is 56.1 Å². The van der Waals surface area contributed by atoms with Crippen LogP contribution < -0.4 is 27.8 Å². The third-order valence-electron chi connectivity index (χ3n) is 14.6. The van der Waals surface area contributed by atoms with E-state index >= 15 is 0 Å². The number of nitrogens with one attached hydrogen (secondary N) is 4. The summed E-state index contributed by atoms with van der Waals surface area (Å²) in [4.78, 5) is 93.6. The summed E-state index contributed by atoms with van der Waals surface area (Å²) < 4.78 is 4.65. The van der Waals surface area contributed by atoms with Crippen LogP contribution in [0.2, 0.25) is 0 Å². The molecule has 3 amide bonds. The van der Waals surface area contributed by atoms with Crippen LogP contribution in [-0.4, -0.2) is 124 Å². The molecule has 11 N–H and O–H groups in total. The van der Waals surface area contributed by atoms with Gasteiger partial charge in [-0.1, -0.05) is 102 Å². The molecule has 0 spiro atoms. The Hall–Kier alpha value is -7.71.